The fourth-order valence-electron chi connectivity index (χ4n) is 5.71. The number of likely N-dealkylation sites (tertiary alicyclic amines) is 1. The summed E-state index contributed by atoms with van der Waals surface area (Å²) in [4.78, 5) is 28.0. The topological polar surface area (TPSA) is 75.0 Å². The molecule has 208 valence electrons. The molecule has 3 heterocycles. The zero-order valence-electron chi connectivity index (χ0n) is 21.2. The molecule has 2 aliphatic heterocycles. The van der Waals surface area contributed by atoms with E-state index in [0.29, 0.717) is 43.7 Å². The minimum absolute atomic E-state index is 0.0386. The van der Waals surface area contributed by atoms with E-state index in [2.05, 4.69) is 9.64 Å². The molecule has 0 aliphatic carbocycles. The molecule has 1 N–H and O–H groups in total. The van der Waals surface area contributed by atoms with E-state index in [4.69, 9.17) is 5.11 Å². The standard InChI is InChI=1S/C28H29F4N3O4/c29-23-3-1-2-22-21-10-13-34(25(36)17-33-11-8-18(9-12-33)14-26(37)38)16-24(21)35(27(22)23)15-19-4-6-20(7-5-19)39-28(30,31)32/h1-7,18H,8-17H2,(H,37,38). The summed E-state index contributed by atoms with van der Waals surface area (Å²) in [7, 11) is 0. The number of aromatic nitrogens is 1. The summed E-state index contributed by atoms with van der Waals surface area (Å²) in [6.45, 7) is 2.60. The Labute approximate surface area is 222 Å². The summed E-state index contributed by atoms with van der Waals surface area (Å²) in [6.07, 6.45) is -2.60. The Morgan fingerprint density at radius 1 is 1.03 bits per heavy atom. The summed E-state index contributed by atoms with van der Waals surface area (Å²) in [5, 5.41) is 9.79. The van der Waals surface area contributed by atoms with Crippen molar-refractivity contribution in [3.05, 3.63) is 65.1 Å². The lowest BCUT2D eigenvalue weighted by atomic mass is 9.93. The fourth-order valence-corrected chi connectivity index (χ4v) is 5.71. The van der Waals surface area contributed by atoms with Gasteiger partial charge in [-0.3, -0.25) is 14.5 Å². The minimum atomic E-state index is -4.79. The van der Waals surface area contributed by atoms with Crippen LogP contribution in [0.4, 0.5) is 17.6 Å². The number of halogens is 4. The van der Waals surface area contributed by atoms with E-state index in [1.807, 2.05) is 10.6 Å². The first-order chi connectivity index (χ1) is 18.6. The molecule has 0 radical (unpaired) electrons. The molecule has 11 heteroatoms. The average Bonchev–Trinajstić information content (AvgIpc) is 3.19. The number of carbonyl (C=O) groups excluding carboxylic acids is 1. The highest BCUT2D eigenvalue weighted by atomic mass is 19.4. The number of hydrogen-bond donors (Lipinski definition) is 1. The van der Waals surface area contributed by atoms with Crippen LogP contribution in [0.25, 0.3) is 10.9 Å². The lowest BCUT2D eigenvalue weighted by molar-refractivity contribution is -0.274. The number of amides is 1. The highest BCUT2D eigenvalue weighted by Crippen LogP contribution is 2.34. The Bertz CT molecular complexity index is 1360. The first-order valence-corrected chi connectivity index (χ1v) is 12.9. The number of piperidine rings is 1. The van der Waals surface area contributed by atoms with Gasteiger partial charge in [-0.1, -0.05) is 24.3 Å². The number of ether oxygens (including phenoxy) is 1. The molecule has 5 rings (SSSR count). The Hall–Kier alpha value is -3.60. The number of carboxylic acids is 1. The van der Waals surface area contributed by atoms with Crippen LogP contribution in [0.1, 0.15) is 36.1 Å². The van der Waals surface area contributed by atoms with Crippen molar-refractivity contribution in [3.8, 4) is 5.75 Å². The van der Waals surface area contributed by atoms with Crippen LogP contribution < -0.4 is 4.74 Å². The summed E-state index contributed by atoms with van der Waals surface area (Å²) < 4.78 is 58.5. The second-order valence-corrected chi connectivity index (χ2v) is 10.2. The number of carboxylic acid groups (broad SMARTS) is 1. The first-order valence-electron chi connectivity index (χ1n) is 12.9. The van der Waals surface area contributed by atoms with Gasteiger partial charge >= 0.3 is 12.3 Å². The Balaban J connectivity index is 1.34. The summed E-state index contributed by atoms with van der Waals surface area (Å²) >= 11 is 0. The maximum absolute atomic E-state index is 15.1. The Morgan fingerprint density at radius 3 is 2.41 bits per heavy atom. The normalized spacial score (nSPS) is 16.9. The first kappa shape index (κ1) is 27.0. The molecule has 1 fully saturated rings. The molecule has 1 amide bonds. The van der Waals surface area contributed by atoms with Crippen LogP contribution in [0.5, 0.6) is 5.75 Å². The van der Waals surface area contributed by atoms with Gasteiger partial charge in [0.15, 0.2) is 0 Å². The van der Waals surface area contributed by atoms with Crippen molar-refractivity contribution in [3.63, 3.8) is 0 Å². The highest BCUT2D eigenvalue weighted by molar-refractivity contribution is 5.87. The zero-order valence-corrected chi connectivity index (χ0v) is 21.2. The number of rotatable bonds is 7. The van der Waals surface area contributed by atoms with Gasteiger partial charge in [-0.25, -0.2) is 4.39 Å². The van der Waals surface area contributed by atoms with E-state index in [1.165, 1.54) is 30.3 Å². The molecule has 0 saturated carbocycles. The summed E-state index contributed by atoms with van der Waals surface area (Å²) in [5.41, 5.74) is 2.86. The molecule has 1 saturated heterocycles. The third-order valence-electron chi connectivity index (χ3n) is 7.61. The van der Waals surface area contributed by atoms with Crippen LogP contribution in [-0.2, 0) is 29.1 Å². The van der Waals surface area contributed by atoms with E-state index < -0.39 is 18.1 Å². The van der Waals surface area contributed by atoms with Crippen LogP contribution in [0.15, 0.2) is 42.5 Å². The second kappa shape index (κ2) is 10.9. The Morgan fingerprint density at radius 2 is 1.74 bits per heavy atom. The van der Waals surface area contributed by atoms with Gasteiger partial charge in [-0.05, 0) is 67.6 Å². The van der Waals surface area contributed by atoms with Crippen molar-refractivity contribution < 1.29 is 37.0 Å². The van der Waals surface area contributed by atoms with Crippen molar-refractivity contribution in [2.75, 3.05) is 26.2 Å². The number of alkyl halides is 3. The molecule has 0 unspecified atom stereocenters. The lowest BCUT2D eigenvalue weighted by Crippen LogP contribution is -2.45. The largest absolute Gasteiger partial charge is 0.573 e. The van der Waals surface area contributed by atoms with Crippen molar-refractivity contribution in [1.29, 1.82) is 0 Å². The van der Waals surface area contributed by atoms with Gasteiger partial charge in [0.1, 0.15) is 11.6 Å². The Kier molecular flexibility index (Phi) is 7.53. The SMILES string of the molecule is O=C(O)CC1CCN(CC(=O)N2CCc3c(n(Cc4ccc(OC(F)(F)F)cc4)c4c(F)cccc34)C2)CC1. The van der Waals surface area contributed by atoms with Crippen molar-refractivity contribution in [2.45, 2.75) is 45.1 Å². The second-order valence-electron chi connectivity index (χ2n) is 10.2. The van der Waals surface area contributed by atoms with Crippen molar-refractivity contribution in [1.82, 2.24) is 14.4 Å². The number of fused-ring (bicyclic) bond motifs is 3. The predicted molar refractivity (Wildman–Crippen MR) is 135 cm³/mol. The molecule has 0 bridgehead atoms. The van der Waals surface area contributed by atoms with Gasteiger partial charge in [-0.2, -0.15) is 0 Å². The predicted octanol–water partition coefficient (Wildman–Crippen LogP) is 4.80. The number of para-hydroxylation sites is 1. The molecule has 2 aliphatic rings. The van der Waals surface area contributed by atoms with Crippen molar-refractivity contribution in [2.24, 2.45) is 5.92 Å². The molecule has 39 heavy (non-hydrogen) atoms. The van der Waals surface area contributed by atoms with Gasteiger partial charge in [0.2, 0.25) is 5.91 Å². The monoisotopic (exact) mass is 547 g/mol. The highest BCUT2D eigenvalue weighted by Gasteiger charge is 2.32. The fraction of sp³-hybridized carbons (Fsp3) is 0.429. The molecule has 1 aromatic heterocycles. The minimum Gasteiger partial charge on any atom is -0.481 e. The molecule has 0 atom stereocenters. The molecule has 3 aromatic rings. The maximum atomic E-state index is 15.1. The summed E-state index contributed by atoms with van der Waals surface area (Å²) in [6, 6.07) is 10.4. The van der Waals surface area contributed by atoms with E-state index in [9.17, 15) is 22.8 Å². The van der Waals surface area contributed by atoms with E-state index in [-0.39, 0.29) is 37.1 Å². The van der Waals surface area contributed by atoms with Crippen LogP contribution >= 0.6 is 0 Å². The third kappa shape index (κ3) is 6.19. The number of hydrogen-bond acceptors (Lipinski definition) is 4. The van der Waals surface area contributed by atoms with Crippen molar-refractivity contribution >= 4 is 22.8 Å². The molecular weight excluding hydrogens is 518 g/mol. The molecular formula is C28H29F4N3O4. The van der Waals surface area contributed by atoms with Crippen LogP contribution in [0.2, 0.25) is 0 Å². The molecule has 2 aromatic carbocycles. The number of carbonyl (C=O) groups is 2. The van der Waals surface area contributed by atoms with Gasteiger partial charge in [0.05, 0.1) is 18.6 Å². The van der Waals surface area contributed by atoms with Gasteiger partial charge < -0.3 is 19.3 Å². The quantitative estimate of drug-likeness (QED) is 0.431. The van der Waals surface area contributed by atoms with Gasteiger partial charge in [0, 0.05) is 30.6 Å². The van der Waals surface area contributed by atoms with Crippen LogP contribution in [0, 0.1) is 11.7 Å². The number of nitrogens with zero attached hydrogens (tertiary/aromatic N) is 3. The lowest BCUT2D eigenvalue weighted by Gasteiger charge is -2.34. The number of aliphatic carboxylic acids is 1. The summed E-state index contributed by atoms with van der Waals surface area (Å²) in [5.74, 6) is -1.44. The van der Waals surface area contributed by atoms with E-state index >= 15 is 4.39 Å². The van der Waals surface area contributed by atoms with Crippen LogP contribution in [-0.4, -0.2) is 63.9 Å². The van der Waals surface area contributed by atoms with Crippen LogP contribution in [0.3, 0.4) is 0 Å². The van der Waals surface area contributed by atoms with Gasteiger partial charge in [0.25, 0.3) is 0 Å². The van der Waals surface area contributed by atoms with E-state index in [1.54, 1.807) is 11.0 Å². The maximum Gasteiger partial charge on any atom is 0.573 e. The van der Waals surface area contributed by atoms with Gasteiger partial charge in [-0.15, -0.1) is 13.2 Å². The van der Waals surface area contributed by atoms with E-state index in [0.717, 1.165) is 29.5 Å². The zero-order chi connectivity index (χ0) is 27.7. The molecule has 7 nitrogen and oxygen atoms in total. The third-order valence-corrected chi connectivity index (χ3v) is 7.61. The average molecular weight is 548 g/mol. The number of benzene rings is 2. The smallest absolute Gasteiger partial charge is 0.481 e. The molecule has 0 spiro atoms.